The third kappa shape index (κ3) is 6.39. The number of anilines is 2. The molecule has 0 fully saturated rings. The van der Waals surface area contributed by atoms with Gasteiger partial charge in [0.2, 0.25) is 0 Å². The van der Waals surface area contributed by atoms with E-state index in [1.54, 1.807) is 37.5 Å². The summed E-state index contributed by atoms with van der Waals surface area (Å²) in [5.74, 6) is -0.299. The molecule has 0 unspecified atom stereocenters. The molecule has 7 heteroatoms. The van der Waals surface area contributed by atoms with Crippen LogP contribution in [0.4, 0.5) is 11.4 Å². The van der Waals surface area contributed by atoms with Crippen LogP contribution in [0.15, 0.2) is 48.5 Å². The lowest BCUT2D eigenvalue weighted by atomic mass is 10.1. The zero-order valence-electron chi connectivity index (χ0n) is 15.0. The molecule has 0 aliphatic heterocycles. The van der Waals surface area contributed by atoms with Crippen LogP contribution in [0, 0.1) is 0 Å². The van der Waals surface area contributed by atoms with Crippen LogP contribution in [0.2, 0.25) is 0 Å². The Kier molecular flexibility index (Phi) is 7.25. The van der Waals surface area contributed by atoms with Crippen LogP contribution in [0.3, 0.4) is 0 Å². The van der Waals surface area contributed by atoms with E-state index in [9.17, 15) is 9.59 Å². The molecule has 27 heavy (non-hydrogen) atoms. The van der Waals surface area contributed by atoms with E-state index in [-0.39, 0.29) is 18.8 Å². The maximum atomic E-state index is 11.9. The van der Waals surface area contributed by atoms with Crippen molar-refractivity contribution in [3.05, 3.63) is 59.7 Å². The molecule has 2 aromatic carbocycles. The van der Waals surface area contributed by atoms with Crippen molar-refractivity contribution >= 4 is 29.4 Å². The predicted molar refractivity (Wildman–Crippen MR) is 103 cm³/mol. The second kappa shape index (κ2) is 9.86. The standard InChI is InChI=1S/C20H22N2O5/c1-25-16-7-3-14(4-8-16)5-10-19(23)26-11-2-12-27-20(24)17-13-15(21)6-9-18(17)22/h3-10,13H,2,11-12,21-22H2,1H3/b10-5+. The Morgan fingerprint density at radius 3 is 2.41 bits per heavy atom. The molecule has 7 nitrogen and oxygen atoms in total. The number of carbonyl (C=O) groups is 2. The summed E-state index contributed by atoms with van der Waals surface area (Å²) in [6, 6.07) is 11.8. The van der Waals surface area contributed by atoms with Gasteiger partial charge in [-0.1, -0.05) is 12.1 Å². The van der Waals surface area contributed by atoms with Gasteiger partial charge in [-0.2, -0.15) is 0 Å². The molecule has 0 saturated carbocycles. The van der Waals surface area contributed by atoms with E-state index in [2.05, 4.69) is 0 Å². The second-order valence-corrected chi connectivity index (χ2v) is 5.61. The van der Waals surface area contributed by atoms with E-state index in [0.717, 1.165) is 11.3 Å². The highest BCUT2D eigenvalue weighted by Crippen LogP contribution is 2.16. The zero-order chi connectivity index (χ0) is 19.6. The summed E-state index contributed by atoms with van der Waals surface area (Å²) < 4.78 is 15.2. The molecule has 2 rings (SSSR count). The van der Waals surface area contributed by atoms with Crippen molar-refractivity contribution in [2.75, 3.05) is 31.8 Å². The summed E-state index contributed by atoms with van der Waals surface area (Å²) in [7, 11) is 1.59. The van der Waals surface area contributed by atoms with Crippen LogP contribution < -0.4 is 16.2 Å². The van der Waals surface area contributed by atoms with Crippen molar-refractivity contribution in [1.29, 1.82) is 0 Å². The zero-order valence-corrected chi connectivity index (χ0v) is 15.0. The second-order valence-electron chi connectivity index (χ2n) is 5.61. The first-order valence-corrected chi connectivity index (χ1v) is 8.30. The smallest absolute Gasteiger partial charge is 0.340 e. The average molecular weight is 370 g/mol. The molecule has 0 amide bonds. The number of nitrogens with two attached hydrogens (primary N) is 2. The lowest BCUT2D eigenvalue weighted by Gasteiger charge is -2.08. The van der Waals surface area contributed by atoms with Gasteiger partial charge in [-0.15, -0.1) is 0 Å². The van der Waals surface area contributed by atoms with Crippen molar-refractivity contribution < 1.29 is 23.8 Å². The van der Waals surface area contributed by atoms with Crippen LogP contribution >= 0.6 is 0 Å². The Balaban J connectivity index is 1.68. The topological polar surface area (TPSA) is 114 Å². The van der Waals surface area contributed by atoms with E-state index in [0.29, 0.717) is 17.8 Å². The monoisotopic (exact) mass is 370 g/mol. The van der Waals surface area contributed by atoms with Crippen LogP contribution in [0.1, 0.15) is 22.3 Å². The number of benzene rings is 2. The van der Waals surface area contributed by atoms with Crippen molar-refractivity contribution in [2.24, 2.45) is 0 Å². The summed E-state index contributed by atoms with van der Waals surface area (Å²) in [6.07, 6.45) is 3.35. The molecular formula is C20H22N2O5. The SMILES string of the molecule is COc1ccc(/C=C/C(=O)OCCCOC(=O)c2cc(N)ccc2N)cc1. The quantitative estimate of drug-likeness (QED) is 0.318. The van der Waals surface area contributed by atoms with E-state index < -0.39 is 11.9 Å². The van der Waals surface area contributed by atoms with Crippen molar-refractivity contribution in [3.8, 4) is 5.75 Å². The van der Waals surface area contributed by atoms with E-state index >= 15 is 0 Å². The van der Waals surface area contributed by atoms with Gasteiger partial charge in [-0.05, 0) is 42.0 Å². The molecule has 0 saturated heterocycles. The van der Waals surface area contributed by atoms with Gasteiger partial charge < -0.3 is 25.7 Å². The summed E-state index contributed by atoms with van der Waals surface area (Å²) in [5, 5.41) is 0. The lowest BCUT2D eigenvalue weighted by molar-refractivity contribution is -0.137. The molecule has 0 heterocycles. The molecule has 4 N–H and O–H groups in total. The highest BCUT2D eigenvalue weighted by Gasteiger charge is 2.11. The third-order valence-corrected chi connectivity index (χ3v) is 3.59. The fourth-order valence-electron chi connectivity index (χ4n) is 2.15. The minimum absolute atomic E-state index is 0.0997. The van der Waals surface area contributed by atoms with Gasteiger partial charge in [0.1, 0.15) is 5.75 Å². The maximum Gasteiger partial charge on any atom is 0.340 e. The number of hydrogen-bond acceptors (Lipinski definition) is 7. The number of ether oxygens (including phenoxy) is 3. The predicted octanol–water partition coefficient (Wildman–Crippen LogP) is 2.66. The van der Waals surface area contributed by atoms with Crippen molar-refractivity contribution in [3.63, 3.8) is 0 Å². The van der Waals surface area contributed by atoms with E-state index in [1.165, 1.54) is 12.1 Å². The summed E-state index contributed by atoms with van der Waals surface area (Å²) in [4.78, 5) is 23.6. The van der Waals surface area contributed by atoms with Crippen molar-refractivity contribution in [2.45, 2.75) is 6.42 Å². The van der Waals surface area contributed by atoms with Gasteiger partial charge >= 0.3 is 11.9 Å². The molecule has 2 aromatic rings. The normalized spacial score (nSPS) is 10.6. The Labute approximate surface area is 157 Å². The molecule has 0 radical (unpaired) electrons. The molecule has 0 bridgehead atoms. The number of hydrogen-bond donors (Lipinski definition) is 2. The summed E-state index contributed by atoms with van der Waals surface area (Å²) in [5.41, 5.74) is 13.1. The largest absolute Gasteiger partial charge is 0.497 e. The Bertz CT molecular complexity index is 816. The molecule has 0 spiro atoms. The number of nitrogen functional groups attached to an aromatic ring is 2. The number of esters is 2. The highest BCUT2D eigenvalue weighted by molar-refractivity contribution is 5.96. The minimum Gasteiger partial charge on any atom is -0.497 e. The molecule has 142 valence electrons. The van der Waals surface area contributed by atoms with Crippen LogP contribution in [0.5, 0.6) is 5.75 Å². The minimum atomic E-state index is -0.564. The van der Waals surface area contributed by atoms with Gasteiger partial charge in [0.15, 0.2) is 0 Å². The van der Waals surface area contributed by atoms with Gasteiger partial charge in [-0.3, -0.25) is 0 Å². The number of carbonyl (C=O) groups excluding carboxylic acids is 2. The molecule has 0 aliphatic carbocycles. The first kappa shape index (κ1) is 19.8. The molecule has 0 aliphatic rings. The average Bonchev–Trinajstić information content (AvgIpc) is 2.68. The molecule has 0 atom stereocenters. The van der Waals surface area contributed by atoms with Gasteiger partial charge in [0.05, 0.1) is 25.9 Å². The van der Waals surface area contributed by atoms with Crippen LogP contribution in [-0.4, -0.2) is 32.3 Å². The number of methoxy groups -OCH3 is 1. The molecule has 0 aromatic heterocycles. The van der Waals surface area contributed by atoms with Crippen molar-refractivity contribution in [1.82, 2.24) is 0 Å². The Morgan fingerprint density at radius 2 is 1.70 bits per heavy atom. The lowest BCUT2D eigenvalue weighted by Crippen LogP contribution is -2.12. The van der Waals surface area contributed by atoms with E-state index in [4.69, 9.17) is 25.7 Å². The number of rotatable bonds is 8. The highest BCUT2D eigenvalue weighted by atomic mass is 16.5. The van der Waals surface area contributed by atoms with Crippen LogP contribution in [0.25, 0.3) is 6.08 Å². The van der Waals surface area contributed by atoms with E-state index in [1.807, 2.05) is 12.1 Å². The maximum absolute atomic E-state index is 11.9. The Hall–Kier alpha value is -3.48. The Morgan fingerprint density at radius 1 is 1.00 bits per heavy atom. The van der Waals surface area contributed by atoms with Gasteiger partial charge in [0, 0.05) is 23.9 Å². The fourth-order valence-corrected chi connectivity index (χ4v) is 2.15. The fraction of sp³-hybridized carbons (Fsp3) is 0.200. The third-order valence-electron chi connectivity index (χ3n) is 3.59. The van der Waals surface area contributed by atoms with Gasteiger partial charge in [-0.25, -0.2) is 9.59 Å². The van der Waals surface area contributed by atoms with Gasteiger partial charge in [0.25, 0.3) is 0 Å². The van der Waals surface area contributed by atoms with Crippen LogP contribution in [-0.2, 0) is 14.3 Å². The summed E-state index contributed by atoms with van der Waals surface area (Å²) >= 11 is 0. The first-order chi connectivity index (χ1) is 13.0. The molecular weight excluding hydrogens is 348 g/mol. The first-order valence-electron chi connectivity index (χ1n) is 8.30. The summed E-state index contributed by atoms with van der Waals surface area (Å²) in [6.45, 7) is 0.230.